The van der Waals surface area contributed by atoms with Crippen LogP contribution in [0.3, 0.4) is 0 Å². The molecule has 1 fully saturated rings. The maximum atomic E-state index is 13.3. The fraction of sp³-hybridized carbons (Fsp3) is 0.259. The first-order chi connectivity index (χ1) is 16.1. The Bertz CT molecular complexity index is 1100. The van der Waals surface area contributed by atoms with Crippen molar-refractivity contribution in [2.75, 3.05) is 27.3 Å². The van der Waals surface area contributed by atoms with Gasteiger partial charge in [0.1, 0.15) is 11.5 Å². The molecule has 0 spiro atoms. The van der Waals surface area contributed by atoms with Crippen molar-refractivity contribution in [3.05, 3.63) is 95.6 Å². The van der Waals surface area contributed by atoms with Crippen molar-refractivity contribution in [1.29, 1.82) is 0 Å². The number of carbonyl (C=O) groups excluding carboxylic acids is 2. The molecule has 6 nitrogen and oxygen atoms in total. The molecule has 1 aliphatic rings. The van der Waals surface area contributed by atoms with Gasteiger partial charge in [-0.05, 0) is 41.5 Å². The highest BCUT2D eigenvalue weighted by molar-refractivity contribution is 5.95. The number of hydrogen-bond donors (Lipinski definition) is 1. The Labute approximate surface area is 194 Å². The summed E-state index contributed by atoms with van der Waals surface area (Å²) in [5.41, 5.74) is 2.54. The van der Waals surface area contributed by atoms with Crippen molar-refractivity contribution in [1.82, 2.24) is 10.2 Å². The Balaban J connectivity index is 1.57. The molecule has 0 radical (unpaired) electrons. The van der Waals surface area contributed by atoms with E-state index in [-0.39, 0.29) is 23.7 Å². The van der Waals surface area contributed by atoms with Gasteiger partial charge in [-0.2, -0.15) is 0 Å². The van der Waals surface area contributed by atoms with Crippen LogP contribution in [0.1, 0.15) is 27.4 Å². The predicted molar refractivity (Wildman–Crippen MR) is 126 cm³/mol. The van der Waals surface area contributed by atoms with Gasteiger partial charge in [-0.3, -0.25) is 9.59 Å². The fourth-order valence-corrected chi connectivity index (χ4v) is 4.36. The van der Waals surface area contributed by atoms with E-state index < -0.39 is 0 Å². The van der Waals surface area contributed by atoms with E-state index in [4.69, 9.17) is 9.47 Å². The number of rotatable bonds is 7. The number of ether oxygens (including phenoxy) is 2. The molecule has 1 saturated heterocycles. The third-order valence-electron chi connectivity index (χ3n) is 6.13. The van der Waals surface area contributed by atoms with Gasteiger partial charge in [0.05, 0.1) is 20.1 Å². The van der Waals surface area contributed by atoms with E-state index in [1.165, 1.54) is 0 Å². The Morgan fingerprint density at radius 3 is 2.27 bits per heavy atom. The smallest absolute Gasteiger partial charge is 0.253 e. The van der Waals surface area contributed by atoms with Gasteiger partial charge in [0.2, 0.25) is 5.91 Å². The molecule has 0 bridgehead atoms. The van der Waals surface area contributed by atoms with Crippen molar-refractivity contribution >= 4 is 11.8 Å². The number of methoxy groups -OCH3 is 2. The van der Waals surface area contributed by atoms with Crippen LogP contribution in [0, 0.1) is 5.92 Å². The zero-order valence-electron chi connectivity index (χ0n) is 18.9. The summed E-state index contributed by atoms with van der Waals surface area (Å²) in [5.74, 6) is 0.696. The molecule has 1 heterocycles. The van der Waals surface area contributed by atoms with Crippen molar-refractivity contribution in [2.24, 2.45) is 5.92 Å². The molecule has 1 aliphatic heterocycles. The number of para-hydroxylation sites is 1. The number of hydrogen-bond acceptors (Lipinski definition) is 4. The van der Waals surface area contributed by atoms with Crippen LogP contribution in [0.15, 0.2) is 78.9 Å². The van der Waals surface area contributed by atoms with E-state index in [2.05, 4.69) is 5.32 Å². The minimum Gasteiger partial charge on any atom is -0.497 e. The summed E-state index contributed by atoms with van der Waals surface area (Å²) in [4.78, 5) is 28.3. The minimum absolute atomic E-state index is 0.0696. The predicted octanol–water partition coefficient (Wildman–Crippen LogP) is 3.88. The third-order valence-corrected chi connectivity index (χ3v) is 6.13. The molecule has 3 aromatic rings. The second-order valence-corrected chi connectivity index (χ2v) is 8.10. The van der Waals surface area contributed by atoms with Gasteiger partial charge in [0, 0.05) is 31.1 Å². The van der Waals surface area contributed by atoms with Crippen LogP contribution in [0.4, 0.5) is 0 Å². The van der Waals surface area contributed by atoms with Gasteiger partial charge in [0.25, 0.3) is 5.91 Å². The lowest BCUT2D eigenvalue weighted by Gasteiger charge is -2.20. The van der Waals surface area contributed by atoms with Crippen LogP contribution in [-0.4, -0.2) is 44.0 Å². The van der Waals surface area contributed by atoms with Crippen LogP contribution in [0.2, 0.25) is 0 Å². The van der Waals surface area contributed by atoms with E-state index >= 15 is 0 Å². The highest BCUT2D eigenvalue weighted by Gasteiger charge is 2.41. The molecular weight excluding hydrogens is 416 g/mol. The molecule has 2 atom stereocenters. The summed E-state index contributed by atoms with van der Waals surface area (Å²) in [6, 6.07) is 24.5. The van der Waals surface area contributed by atoms with Crippen LogP contribution < -0.4 is 14.8 Å². The largest absolute Gasteiger partial charge is 0.497 e. The molecular formula is C27H28N2O4. The number of carbonyl (C=O) groups is 2. The van der Waals surface area contributed by atoms with Crippen LogP contribution in [0.5, 0.6) is 11.5 Å². The van der Waals surface area contributed by atoms with Crippen molar-refractivity contribution in [3.8, 4) is 11.5 Å². The van der Waals surface area contributed by atoms with E-state index in [1.807, 2.05) is 54.6 Å². The Kier molecular flexibility index (Phi) is 6.93. The normalized spacial score (nSPS) is 17.5. The maximum Gasteiger partial charge on any atom is 0.253 e. The summed E-state index contributed by atoms with van der Waals surface area (Å²) in [5, 5.41) is 3.06. The van der Waals surface area contributed by atoms with Crippen molar-refractivity contribution < 1.29 is 19.1 Å². The topological polar surface area (TPSA) is 67.9 Å². The lowest BCUT2D eigenvalue weighted by Crippen LogP contribution is -2.35. The van der Waals surface area contributed by atoms with Gasteiger partial charge in [-0.1, -0.05) is 48.5 Å². The first-order valence-electron chi connectivity index (χ1n) is 11.0. The number of amides is 2. The first kappa shape index (κ1) is 22.4. The molecule has 0 saturated carbocycles. The molecule has 1 N–H and O–H groups in total. The van der Waals surface area contributed by atoms with Gasteiger partial charge in [-0.15, -0.1) is 0 Å². The number of nitrogens with zero attached hydrogens (tertiary/aromatic N) is 1. The van der Waals surface area contributed by atoms with Crippen LogP contribution >= 0.6 is 0 Å². The average Bonchev–Trinajstić information content (AvgIpc) is 3.33. The summed E-state index contributed by atoms with van der Waals surface area (Å²) in [6.07, 6.45) is 0. The summed E-state index contributed by atoms with van der Waals surface area (Å²) in [6.45, 7) is 1.23. The van der Waals surface area contributed by atoms with E-state index in [0.29, 0.717) is 30.9 Å². The van der Waals surface area contributed by atoms with Crippen LogP contribution in [-0.2, 0) is 11.3 Å². The fourth-order valence-electron chi connectivity index (χ4n) is 4.36. The Morgan fingerprint density at radius 1 is 0.879 bits per heavy atom. The first-order valence-corrected chi connectivity index (χ1v) is 11.0. The summed E-state index contributed by atoms with van der Waals surface area (Å²) < 4.78 is 10.8. The molecule has 4 rings (SSSR count). The summed E-state index contributed by atoms with van der Waals surface area (Å²) >= 11 is 0. The molecule has 6 heteroatoms. The van der Waals surface area contributed by atoms with Gasteiger partial charge in [0.15, 0.2) is 0 Å². The number of likely N-dealkylation sites (tertiary alicyclic amines) is 1. The highest BCUT2D eigenvalue weighted by atomic mass is 16.5. The number of nitrogens with one attached hydrogen (secondary N) is 1. The van der Waals surface area contributed by atoms with E-state index in [1.54, 1.807) is 43.4 Å². The quantitative estimate of drug-likeness (QED) is 0.601. The third kappa shape index (κ3) is 5.00. The average molecular weight is 445 g/mol. The lowest BCUT2D eigenvalue weighted by atomic mass is 9.87. The van der Waals surface area contributed by atoms with Gasteiger partial charge in [-0.25, -0.2) is 0 Å². The minimum atomic E-state index is -0.382. The summed E-state index contributed by atoms with van der Waals surface area (Å²) in [7, 11) is 3.21. The molecule has 0 unspecified atom stereocenters. The van der Waals surface area contributed by atoms with Gasteiger partial charge >= 0.3 is 0 Å². The molecule has 3 aromatic carbocycles. The van der Waals surface area contributed by atoms with Crippen LogP contribution in [0.25, 0.3) is 0 Å². The second-order valence-electron chi connectivity index (χ2n) is 8.10. The standard InChI is InChI=1S/C27H28N2O4/c1-32-21-14-12-20(13-15-21)27(31)29-17-23(22-10-6-7-11-25(22)33-2)24(18-29)26(30)28-16-19-8-4-3-5-9-19/h3-15,23-24H,16-18H2,1-2H3,(H,28,30)/t23-,24+/m0/s1. The van der Waals surface area contributed by atoms with E-state index in [9.17, 15) is 9.59 Å². The lowest BCUT2D eigenvalue weighted by molar-refractivity contribution is -0.125. The molecule has 170 valence electrons. The zero-order valence-corrected chi connectivity index (χ0v) is 18.9. The van der Waals surface area contributed by atoms with E-state index in [0.717, 1.165) is 16.9 Å². The zero-order chi connectivity index (χ0) is 23.2. The molecule has 0 aromatic heterocycles. The molecule has 0 aliphatic carbocycles. The molecule has 2 amide bonds. The highest BCUT2D eigenvalue weighted by Crippen LogP contribution is 2.38. The monoisotopic (exact) mass is 444 g/mol. The Morgan fingerprint density at radius 2 is 1.58 bits per heavy atom. The SMILES string of the molecule is COc1ccc(C(=O)N2C[C@@H](C(=O)NCc3ccccc3)[C@H](c3ccccc3OC)C2)cc1. The molecule has 33 heavy (non-hydrogen) atoms. The maximum absolute atomic E-state index is 13.3. The second kappa shape index (κ2) is 10.2. The number of benzene rings is 3. The van der Waals surface area contributed by atoms with Crippen molar-refractivity contribution in [2.45, 2.75) is 12.5 Å². The van der Waals surface area contributed by atoms with Crippen molar-refractivity contribution in [3.63, 3.8) is 0 Å². The Hall–Kier alpha value is -3.80. The van der Waals surface area contributed by atoms with Gasteiger partial charge < -0.3 is 19.7 Å².